The van der Waals surface area contributed by atoms with Crippen molar-refractivity contribution in [3.63, 3.8) is 0 Å². The summed E-state index contributed by atoms with van der Waals surface area (Å²) in [6.07, 6.45) is 5.65. The minimum atomic E-state index is -3.45. The van der Waals surface area contributed by atoms with E-state index in [4.69, 9.17) is 0 Å². The summed E-state index contributed by atoms with van der Waals surface area (Å²) in [6, 6.07) is 14.3. The highest BCUT2D eigenvalue weighted by Crippen LogP contribution is 2.19. The zero-order chi connectivity index (χ0) is 18.3. The topological polar surface area (TPSA) is 75.3 Å². The van der Waals surface area contributed by atoms with Crippen LogP contribution in [-0.2, 0) is 16.4 Å². The molecule has 2 aromatic rings. The van der Waals surface area contributed by atoms with Crippen LogP contribution >= 0.6 is 0 Å². The van der Waals surface area contributed by atoms with Gasteiger partial charge in [0.05, 0.1) is 17.5 Å². The Hall–Kier alpha value is -2.34. The molecular formula is C19H24N2O3S. The number of unbranched alkanes of at least 4 members (excludes halogenated alkanes) is 2. The number of hydrogen-bond donors (Lipinski definition) is 2. The molecule has 0 aliphatic heterocycles. The van der Waals surface area contributed by atoms with Gasteiger partial charge in [-0.05, 0) is 42.7 Å². The van der Waals surface area contributed by atoms with E-state index < -0.39 is 10.0 Å². The molecule has 0 bridgehead atoms. The molecule has 0 saturated heterocycles. The maximum atomic E-state index is 12.5. The third-order valence-corrected chi connectivity index (χ3v) is 4.34. The Kier molecular flexibility index (Phi) is 6.58. The minimum Gasteiger partial charge on any atom is -0.322 e. The number of carbonyl (C=O) groups excluding carboxylic acids is 1. The van der Waals surface area contributed by atoms with Gasteiger partial charge in [0.25, 0.3) is 5.91 Å². The van der Waals surface area contributed by atoms with E-state index in [1.165, 1.54) is 18.4 Å². The Labute approximate surface area is 149 Å². The van der Waals surface area contributed by atoms with Crippen molar-refractivity contribution in [3.8, 4) is 0 Å². The average molecular weight is 360 g/mol. The summed E-state index contributed by atoms with van der Waals surface area (Å²) in [4.78, 5) is 12.5. The number of para-hydroxylation sites is 1. The standard InChI is InChI=1S/C19H24N2O3S/c1-3-4-5-8-15-11-13-16(14-12-15)20-19(22)17-9-6-7-10-18(17)21-25(2,23)24/h6-7,9-14,21H,3-5,8H2,1-2H3,(H,20,22). The minimum absolute atomic E-state index is 0.263. The van der Waals surface area contributed by atoms with Crippen LogP contribution in [0.3, 0.4) is 0 Å². The predicted octanol–water partition coefficient (Wildman–Crippen LogP) is 4.04. The van der Waals surface area contributed by atoms with Crippen LogP contribution in [0.25, 0.3) is 0 Å². The highest BCUT2D eigenvalue weighted by atomic mass is 32.2. The molecule has 25 heavy (non-hydrogen) atoms. The van der Waals surface area contributed by atoms with Gasteiger partial charge in [0.2, 0.25) is 10.0 Å². The predicted molar refractivity (Wildman–Crippen MR) is 103 cm³/mol. The second-order valence-corrected chi connectivity index (χ2v) is 7.78. The lowest BCUT2D eigenvalue weighted by molar-refractivity contribution is 0.102. The number of amides is 1. The lowest BCUT2D eigenvalue weighted by Crippen LogP contribution is -2.17. The molecule has 5 nitrogen and oxygen atoms in total. The van der Waals surface area contributed by atoms with Gasteiger partial charge in [-0.25, -0.2) is 8.42 Å². The summed E-state index contributed by atoms with van der Waals surface area (Å²) in [5.74, 6) is -0.356. The number of hydrogen-bond acceptors (Lipinski definition) is 3. The van der Waals surface area contributed by atoms with Crippen molar-refractivity contribution in [1.82, 2.24) is 0 Å². The molecule has 0 fully saturated rings. The Bertz CT molecular complexity index is 815. The van der Waals surface area contributed by atoms with Gasteiger partial charge in [-0.15, -0.1) is 0 Å². The molecule has 0 heterocycles. The second-order valence-electron chi connectivity index (χ2n) is 6.03. The van der Waals surface area contributed by atoms with E-state index in [1.54, 1.807) is 24.3 Å². The lowest BCUT2D eigenvalue weighted by Gasteiger charge is -2.11. The molecular weight excluding hydrogens is 336 g/mol. The highest BCUT2D eigenvalue weighted by Gasteiger charge is 2.13. The van der Waals surface area contributed by atoms with Crippen LogP contribution in [0.2, 0.25) is 0 Å². The fraction of sp³-hybridized carbons (Fsp3) is 0.316. The van der Waals surface area contributed by atoms with Crippen molar-refractivity contribution in [1.29, 1.82) is 0 Å². The van der Waals surface area contributed by atoms with Crippen molar-refractivity contribution in [2.24, 2.45) is 0 Å². The zero-order valence-electron chi connectivity index (χ0n) is 14.6. The van der Waals surface area contributed by atoms with E-state index in [9.17, 15) is 13.2 Å². The van der Waals surface area contributed by atoms with Crippen molar-refractivity contribution in [2.75, 3.05) is 16.3 Å². The number of carbonyl (C=O) groups is 1. The molecule has 2 N–H and O–H groups in total. The molecule has 6 heteroatoms. The molecule has 0 spiro atoms. The summed E-state index contributed by atoms with van der Waals surface area (Å²) in [5.41, 5.74) is 2.46. The van der Waals surface area contributed by atoms with Crippen LogP contribution in [0.4, 0.5) is 11.4 Å². The Morgan fingerprint density at radius 3 is 2.32 bits per heavy atom. The first-order valence-electron chi connectivity index (χ1n) is 8.36. The monoisotopic (exact) mass is 360 g/mol. The molecule has 0 atom stereocenters. The molecule has 0 unspecified atom stereocenters. The van der Waals surface area contributed by atoms with Crippen LogP contribution < -0.4 is 10.0 Å². The molecule has 0 aromatic heterocycles. The van der Waals surface area contributed by atoms with Gasteiger partial charge >= 0.3 is 0 Å². The third-order valence-electron chi connectivity index (χ3n) is 3.75. The van der Waals surface area contributed by atoms with Gasteiger partial charge < -0.3 is 5.32 Å². The van der Waals surface area contributed by atoms with Crippen molar-refractivity contribution >= 4 is 27.3 Å². The van der Waals surface area contributed by atoms with Gasteiger partial charge in [-0.2, -0.15) is 0 Å². The summed E-state index contributed by atoms with van der Waals surface area (Å²) >= 11 is 0. The molecule has 0 saturated carbocycles. The number of nitrogens with one attached hydrogen (secondary N) is 2. The van der Waals surface area contributed by atoms with E-state index in [0.29, 0.717) is 5.69 Å². The van der Waals surface area contributed by atoms with E-state index in [2.05, 4.69) is 17.0 Å². The fourth-order valence-corrected chi connectivity index (χ4v) is 3.08. The first kappa shape index (κ1) is 19.0. The highest BCUT2D eigenvalue weighted by molar-refractivity contribution is 7.92. The Balaban J connectivity index is 2.07. The molecule has 2 rings (SSSR count). The van der Waals surface area contributed by atoms with Crippen molar-refractivity contribution in [2.45, 2.75) is 32.6 Å². The van der Waals surface area contributed by atoms with E-state index in [-0.39, 0.29) is 17.2 Å². The smallest absolute Gasteiger partial charge is 0.257 e. The third kappa shape index (κ3) is 6.23. The molecule has 0 radical (unpaired) electrons. The summed E-state index contributed by atoms with van der Waals surface area (Å²) in [7, 11) is -3.45. The van der Waals surface area contributed by atoms with Crippen LogP contribution in [0.15, 0.2) is 48.5 Å². The molecule has 0 aliphatic carbocycles. The zero-order valence-corrected chi connectivity index (χ0v) is 15.4. The molecule has 2 aromatic carbocycles. The number of benzene rings is 2. The van der Waals surface area contributed by atoms with Gasteiger partial charge in [0, 0.05) is 5.69 Å². The molecule has 134 valence electrons. The van der Waals surface area contributed by atoms with Crippen molar-refractivity contribution < 1.29 is 13.2 Å². The van der Waals surface area contributed by atoms with E-state index in [0.717, 1.165) is 19.1 Å². The maximum Gasteiger partial charge on any atom is 0.257 e. The molecule has 1 amide bonds. The first-order chi connectivity index (χ1) is 11.9. The normalized spacial score (nSPS) is 11.1. The van der Waals surface area contributed by atoms with E-state index >= 15 is 0 Å². The Morgan fingerprint density at radius 1 is 1.00 bits per heavy atom. The largest absolute Gasteiger partial charge is 0.322 e. The van der Waals surface area contributed by atoms with Gasteiger partial charge in [-0.3, -0.25) is 9.52 Å². The number of anilines is 2. The number of aryl methyl sites for hydroxylation is 1. The Morgan fingerprint density at radius 2 is 1.68 bits per heavy atom. The van der Waals surface area contributed by atoms with Crippen LogP contribution in [0.5, 0.6) is 0 Å². The van der Waals surface area contributed by atoms with Gasteiger partial charge in [0.15, 0.2) is 0 Å². The quantitative estimate of drug-likeness (QED) is 0.698. The van der Waals surface area contributed by atoms with Gasteiger partial charge in [-0.1, -0.05) is 44.0 Å². The molecule has 0 aliphatic rings. The van der Waals surface area contributed by atoms with Gasteiger partial charge in [0.1, 0.15) is 0 Å². The first-order valence-corrected chi connectivity index (χ1v) is 10.3. The van der Waals surface area contributed by atoms with Crippen LogP contribution in [0, 0.1) is 0 Å². The number of rotatable bonds is 8. The summed E-state index contributed by atoms with van der Waals surface area (Å²) in [6.45, 7) is 2.18. The van der Waals surface area contributed by atoms with Crippen LogP contribution in [-0.4, -0.2) is 20.6 Å². The SMILES string of the molecule is CCCCCc1ccc(NC(=O)c2ccccc2NS(C)(=O)=O)cc1. The van der Waals surface area contributed by atoms with Crippen molar-refractivity contribution in [3.05, 3.63) is 59.7 Å². The summed E-state index contributed by atoms with van der Waals surface area (Å²) in [5, 5.41) is 2.81. The fourth-order valence-electron chi connectivity index (χ4n) is 2.50. The van der Waals surface area contributed by atoms with Crippen LogP contribution in [0.1, 0.15) is 42.1 Å². The average Bonchev–Trinajstić information content (AvgIpc) is 2.55. The van der Waals surface area contributed by atoms with E-state index in [1.807, 2.05) is 24.3 Å². The maximum absolute atomic E-state index is 12.5. The summed E-state index contributed by atoms with van der Waals surface area (Å²) < 4.78 is 25.2. The lowest BCUT2D eigenvalue weighted by atomic mass is 10.1. The second kappa shape index (κ2) is 8.67. The number of sulfonamides is 1.